The molecule has 1 unspecified atom stereocenters. The molecule has 0 saturated heterocycles. The Balaban J connectivity index is 1.76. The fourth-order valence-corrected chi connectivity index (χ4v) is 4.64. The minimum Gasteiger partial charge on any atom is -0.408 e. The first-order chi connectivity index (χ1) is 16.5. The molecule has 0 aliphatic heterocycles. The SMILES string of the molecule is Cn1c(=O)oc2cc(-n3cc(C(N)=O)c(=O)n(C4CCc5c4cccc5C(F)(F)F)c3=O)ccc21. The molecule has 9 nitrogen and oxygen atoms in total. The highest BCUT2D eigenvalue weighted by molar-refractivity contribution is 5.92. The van der Waals surface area contributed by atoms with Gasteiger partial charge in [0.1, 0.15) is 5.56 Å². The second-order valence-electron chi connectivity index (χ2n) is 8.24. The molecule has 1 amide bonds. The van der Waals surface area contributed by atoms with Crippen molar-refractivity contribution < 1.29 is 22.4 Å². The molecule has 5 rings (SSSR count). The van der Waals surface area contributed by atoms with Crippen molar-refractivity contribution >= 4 is 17.0 Å². The highest BCUT2D eigenvalue weighted by atomic mass is 19.4. The average Bonchev–Trinajstić information content (AvgIpc) is 3.33. The lowest BCUT2D eigenvalue weighted by Gasteiger charge is -2.19. The van der Waals surface area contributed by atoms with Crippen LogP contribution in [0.25, 0.3) is 16.8 Å². The molecule has 35 heavy (non-hydrogen) atoms. The molecule has 2 aromatic heterocycles. The smallest absolute Gasteiger partial charge is 0.408 e. The molecule has 12 heteroatoms. The summed E-state index contributed by atoms with van der Waals surface area (Å²) in [5.41, 5.74) is 3.10. The number of fused-ring (bicyclic) bond motifs is 2. The van der Waals surface area contributed by atoms with Crippen LogP contribution in [0, 0.1) is 0 Å². The van der Waals surface area contributed by atoms with Gasteiger partial charge in [-0.2, -0.15) is 13.2 Å². The second-order valence-corrected chi connectivity index (χ2v) is 8.24. The fourth-order valence-electron chi connectivity index (χ4n) is 4.64. The van der Waals surface area contributed by atoms with Gasteiger partial charge in [0.05, 0.1) is 22.8 Å². The predicted molar refractivity (Wildman–Crippen MR) is 118 cm³/mol. The van der Waals surface area contributed by atoms with E-state index in [9.17, 15) is 32.3 Å². The Kier molecular flexibility index (Phi) is 4.86. The Morgan fingerprint density at radius 1 is 1.14 bits per heavy atom. The largest absolute Gasteiger partial charge is 0.419 e. The van der Waals surface area contributed by atoms with Gasteiger partial charge in [0.15, 0.2) is 5.58 Å². The highest BCUT2D eigenvalue weighted by Gasteiger charge is 2.38. The van der Waals surface area contributed by atoms with E-state index in [1.807, 2.05) is 0 Å². The number of benzene rings is 2. The molecule has 1 aliphatic carbocycles. The zero-order chi connectivity index (χ0) is 25.2. The number of nitrogens with two attached hydrogens (primary N) is 1. The summed E-state index contributed by atoms with van der Waals surface area (Å²) in [5, 5.41) is 0. The maximum absolute atomic E-state index is 13.5. The lowest BCUT2D eigenvalue weighted by atomic mass is 10.0. The third-order valence-corrected chi connectivity index (χ3v) is 6.30. The van der Waals surface area contributed by atoms with Crippen LogP contribution in [0.4, 0.5) is 13.2 Å². The summed E-state index contributed by atoms with van der Waals surface area (Å²) in [6.07, 6.45) is -3.58. The molecular formula is C23H17F3N4O5. The molecule has 0 radical (unpaired) electrons. The molecular weight excluding hydrogens is 469 g/mol. The van der Waals surface area contributed by atoms with Crippen LogP contribution in [-0.4, -0.2) is 19.6 Å². The number of aryl methyl sites for hydroxylation is 1. The number of halogens is 3. The Labute approximate surface area is 193 Å². The number of oxazole rings is 1. The van der Waals surface area contributed by atoms with Gasteiger partial charge in [-0.25, -0.2) is 9.59 Å². The number of amides is 1. The number of carbonyl (C=O) groups excluding carboxylic acids is 1. The summed E-state index contributed by atoms with van der Waals surface area (Å²) >= 11 is 0. The van der Waals surface area contributed by atoms with Crippen molar-refractivity contribution in [1.29, 1.82) is 0 Å². The number of hydrogen-bond acceptors (Lipinski definition) is 5. The third-order valence-electron chi connectivity index (χ3n) is 6.30. The second kappa shape index (κ2) is 7.58. The highest BCUT2D eigenvalue weighted by Crippen LogP contribution is 2.41. The van der Waals surface area contributed by atoms with Crippen LogP contribution >= 0.6 is 0 Å². The van der Waals surface area contributed by atoms with E-state index in [-0.39, 0.29) is 35.2 Å². The molecule has 1 aliphatic rings. The van der Waals surface area contributed by atoms with E-state index in [0.29, 0.717) is 5.52 Å². The van der Waals surface area contributed by atoms with Crippen LogP contribution in [0.15, 0.2) is 61.4 Å². The summed E-state index contributed by atoms with van der Waals surface area (Å²) in [6.45, 7) is 0. The Morgan fingerprint density at radius 3 is 2.57 bits per heavy atom. The van der Waals surface area contributed by atoms with Crippen LogP contribution in [0.2, 0.25) is 0 Å². The standard InChI is InChI=1S/C23H17F3N4O5/c1-28-17-7-5-11(9-18(17)35-22(28)34)29-10-14(19(27)31)20(32)30(21(29)33)16-8-6-12-13(16)3-2-4-15(12)23(24,25)26/h2-5,7,9-10,16H,6,8H2,1H3,(H2,27,31). The van der Waals surface area contributed by atoms with E-state index < -0.39 is 46.3 Å². The molecule has 2 heterocycles. The summed E-state index contributed by atoms with van der Waals surface area (Å²) in [7, 11) is 1.50. The maximum Gasteiger partial charge on any atom is 0.419 e. The number of carbonyl (C=O) groups is 1. The van der Waals surface area contributed by atoms with E-state index in [1.165, 1.54) is 41.9 Å². The monoisotopic (exact) mass is 486 g/mol. The van der Waals surface area contributed by atoms with Crippen molar-refractivity contribution in [2.75, 3.05) is 0 Å². The van der Waals surface area contributed by atoms with E-state index in [2.05, 4.69) is 0 Å². The number of alkyl halides is 3. The van der Waals surface area contributed by atoms with Crippen LogP contribution in [-0.2, 0) is 19.6 Å². The van der Waals surface area contributed by atoms with E-state index >= 15 is 0 Å². The summed E-state index contributed by atoms with van der Waals surface area (Å²) in [4.78, 5) is 50.5. The van der Waals surface area contributed by atoms with Crippen LogP contribution in [0.5, 0.6) is 0 Å². The van der Waals surface area contributed by atoms with Crippen molar-refractivity contribution in [3.63, 3.8) is 0 Å². The molecule has 1 atom stereocenters. The van der Waals surface area contributed by atoms with Gasteiger partial charge in [-0.05, 0) is 42.2 Å². The van der Waals surface area contributed by atoms with Crippen LogP contribution in [0.1, 0.15) is 39.5 Å². The lowest BCUT2D eigenvalue weighted by Crippen LogP contribution is -2.44. The maximum atomic E-state index is 13.5. The number of aromatic nitrogens is 3. The van der Waals surface area contributed by atoms with Crippen molar-refractivity contribution in [2.45, 2.75) is 25.1 Å². The quantitative estimate of drug-likeness (QED) is 0.475. The minimum absolute atomic E-state index is 0.000177. The van der Waals surface area contributed by atoms with Gasteiger partial charge in [0.25, 0.3) is 11.5 Å². The molecule has 2 aromatic carbocycles. The van der Waals surface area contributed by atoms with Gasteiger partial charge in [-0.1, -0.05) is 12.1 Å². The number of primary amides is 1. The molecule has 0 fully saturated rings. The van der Waals surface area contributed by atoms with Gasteiger partial charge < -0.3 is 10.2 Å². The first-order valence-corrected chi connectivity index (χ1v) is 10.5. The van der Waals surface area contributed by atoms with Crippen molar-refractivity contribution in [1.82, 2.24) is 13.7 Å². The average molecular weight is 486 g/mol. The zero-order valence-electron chi connectivity index (χ0n) is 18.1. The first kappa shape index (κ1) is 22.4. The molecule has 180 valence electrons. The van der Waals surface area contributed by atoms with Gasteiger partial charge in [-0.3, -0.25) is 23.3 Å². The topological polar surface area (TPSA) is 122 Å². The van der Waals surface area contributed by atoms with Crippen LogP contribution in [0.3, 0.4) is 0 Å². The molecule has 0 bridgehead atoms. The van der Waals surface area contributed by atoms with Crippen molar-refractivity contribution in [2.24, 2.45) is 12.8 Å². The fraction of sp³-hybridized carbons (Fsp3) is 0.217. The Hall–Kier alpha value is -4.35. The number of hydrogen-bond donors (Lipinski definition) is 1. The van der Waals surface area contributed by atoms with Crippen LogP contribution < -0.4 is 22.7 Å². The van der Waals surface area contributed by atoms with Gasteiger partial charge >= 0.3 is 17.6 Å². The Bertz CT molecular complexity index is 1710. The number of nitrogens with zero attached hydrogens (tertiary/aromatic N) is 3. The summed E-state index contributed by atoms with van der Waals surface area (Å²) in [6, 6.07) is 6.93. The molecule has 2 N–H and O–H groups in total. The lowest BCUT2D eigenvalue weighted by molar-refractivity contribution is -0.138. The normalized spacial score (nSPS) is 15.5. The molecule has 0 saturated carbocycles. The number of rotatable bonds is 3. The zero-order valence-corrected chi connectivity index (χ0v) is 18.1. The van der Waals surface area contributed by atoms with Gasteiger partial charge in [0, 0.05) is 19.3 Å². The van der Waals surface area contributed by atoms with Crippen molar-refractivity contribution in [3.05, 3.63) is 96.2 Å². The van der Waals surface area contributed by atoms with Gasteiger partial charge in [0.2, 0.25) is 0 Å². The molecule has 4 aromatic rings. The third kappa shape index (κ3) is 3.40. The molecule has 0 spiro atoms. The van der Waals surface area contributed by atoms with E-state index in [1.54, 1.807) is 0 Å². The first-order valence-electron chi connectivity index (χ1n) is 10.5. The van der Waals surface area contributed by atoms with Crippen molar-refractivity contribution in [3.8, 4) is 5.69 Å². The minimum atomic E-state index is -4.60. The van der Waals surface area contributed by atoms with E-state index in [4.69, 9.17) is 10.2 Å². The Morgan fingerprint density at radius 2 is 1.89 bits per heavy atom. The predicted octanol–water partition coefficient (Wildman–Crippen LogP) is 2.10. The van der Waals surface area contributed by atoms with E-state index in [0.717, 1.165) is 21.4 Å². The summed E-state index contributed by atoms with van der Waals surface area (Å²) < 4.78 is 48.7. The van der Waals surface area contributed by atoms with Gasteiger partial charge in [-0.15, -0.1) is 0 Å². The summed E-state index contributed by atoms with van der Waals surface area (Å²) in [5.74, 6) is -1.73.